The minimum absolute atomic E-state index is 0.356. The Hall–Kier alpha value is -0.540. The minimum Gasteiger partial charge on any atom is -0.494 e. The average molecular weight is 314 g/mol. The lowest BCUT2D eigenvalue weighted by Gasteiger charge is -2.16. The van der Waals surface area contributed by atoms with Crippen molar-refractivity contribution in [3.05, 3.63) is 28.2 Å². The van der Waals surface area contributed by atoms with Crippen LogP contribution in [0.15, 0.2) is 22.7 Å². The molecule has 0 radical (unpaired) electrons. The van der Waals surface area contributed by atoms with E-state index in [0.717, 1.165) is 29.8 Å². The molecular formula is C15H24BrNO. The van der Waals surface area contributed by atoms with E-state index in [4.69, 9.17) is 4.74 Å². The van der Waals surface area contributed by atoms with E-state index in [0.29, 0.717) is 12.0 Å². The molecule has 1 N–H and O–H groups in total. The second kappa shape index (κ2) is 7.80. The molecule has 0 saturated carbocycles. The summed E-state index contributed by atoms with van der Waals surface area (Å²) in [6.45, 7) is 10.5. The van der Waals surface area contributed by atoms with Crippen LogP contribution in [-0.4, -0.2) is 13.2 Å². The second-order valence-electron chi connectivity index (χ2n) is 4.99. The molecule has 0 spiro atoms. The Kier molecular flexibility index (Phi) is 6.72. The van der Waals surface area contributed by atoms with Crippen LogP contribution in [0.25, 0.3) is 0 Å². The maximum Gasteiger partial charge on any atom is 0.120 e. The average Bonchev–Trinajstić information content (AvgIpc) is 2.28. The highest BCUT2D eigenvalue weighted by Gasteiger charge is 2.09. The lowest BCUT2D eigenvalue weighted by atomic mass is 10.1. The normalized spacial score (nSPS) is 12.8. The first-order valence-corrected chi connectivity index (χ1v) is 7.49. The highest BCUT2D eigenvalue weighted by Crippen LogP contribution is 2.27. The van der Waals surface area contributed by atoms with Gasteiger partial charge >= 0.3 is 0 Å². The third-order valence-electron chi connectivity index (χ3n) is 2.91. The Labute approximate surface area is 119 Å². The smallest absolute Gasteiger partial charge is 0.120 e. The number of nitrogens with one attached hydrogen (secondary N) is 1. The van der Waals surface area contributed by atoms with Crippen LogP contribution in [0, 0.1) is 5.92 Å². The van der Waals surface area contributed by atoms with Crippen LogP contribution in [0.4, 0.5) is 0 Å². The van der Waals surface area contributed by atoms with Crippen molar-refractivity contribution in [2.75, 3.05) is 13.2 Å². The zero-order chi connectivity index (χ0) is 13.5. The molecule has 1 unspecified atom stereocenters. The minimum atomic E-state index is 0.356. The van der Waals surface area contributed by atoms with Crippen LogP contribution in [-0.2, 0) is 0 Å². The first-order chi connectivity index (χ1) is 8.54. The van der Waals surface area contributed by atoms with Gasteiger partial charge in [0, 0.05) is 10.5 Å². The van der Waals surface area contributed by atoms with Gasteiger partial charge in [-0.25, -0.2) is 0 Å². The first kappa shape index (κ1) is 15.5. The van der Waals surface area contributed by atoms with E-state index in [9.17, 15) is 0 Å². The van der Waals surface area contributed by atoms with Gasteiger partial charge < -0.3 is 10.1 Å². The summed E-state index contributed by atoms with van der Waals surface area (Å²) >= 11 is 3.62. The number of ether oxygens (including phenoxy) is 1. The zero-order valence-electron chi connectivity index (χ0n) is 11.8. The predicted octanol–water partition coefficient (Wildman–Crippen LogP) is 4.54. The summed E-state index contributed by atoms with van der Waals surface area (Å²) in [6, 6.07) is 6.59. The number of hydrogen-bond donors (Lipinski definition) is 1. The molecule has 18 heavy (non-hydrogen) atoms. The SMILES string of the molecule is CCNC(C)c1ccc(OCCC(C)C)cc1Br. The van der Waals surface area contributed by atoms with Crippen molar-refractivity contribution in [3.8, 4) is 5.75 Å². The first-order valence-electron chi connectivity index (χ1n) is 6.70. The molecule has 0 amide bonds. The Bertz CT molecular complexity index is 366. The predicted molar refractivity (Wildman–Crippen MR) is 81.2 cm³/mol. The molecule has 1 aromatic carbocycles. The van der Waals surface area contributed by atoms with E-state index in [1.165, 1.54) is 5.56 Å². The largest absolute Gasteiger partial charge is 0.494 e. The van der Waals surface area contributed by atoms with Gasteiger partial charge in [-0.3, -0.25) is 0 Å². The Morgan fingerprint density at radius 1 is 1.28 bits per heavy atom. The lowest BCUT2D eigenvalue weighted by molar-refractivity contribution is 0.289. The van der Waals surface area contributed by atoms with E-state index < -0.39 is 0 Å². The van der Waals surface area contributed by atoms with Crippen molar-refractivity contribution >= 4 is 15.9 Å². The van der Waals surface area contributed by atoms with Gasteiger partial charge in [-0.15, -0.1) is 0 Å². The van der Waals surface area contributed by atoms with Gasteiger partial charge in [0.15, 0.2) is 0 Å². The quantitative estimate of drug-likeness (QED) is 0.797. The molecule has 2 nitrogen and oxygen atoms in total. The van der Waals surface area contributed by atoms with Crippen LogP contribution in [0.5, 0.6) is 5.75 Å². The summed E-state index contributed by atoms with van der Waals surface area (Å²) in [4.78, 5) is 0. The van der Waals surface area contributed by atoms with E-state index in [2.05, 4.69) is 61.1 Å². The number of rotatable bonds is 7. The third kappa shape index (κ3) is 4.99. The van der Waals surface area contributed by atoms with Crippen LogP contribution >= 0.6 is 15.9 Å². The Morgan fingerprint density at radius 3 is 2.56 bits per heavy atom. The van der Waals surface area contributed by atoms with Crippen LogP contribution in [0.3, 0.4) is 0 Å². The standard InChI is InChI=1S/C15H24BrNO/c1-5-17-12(4)14-7-6-13(10-15(14)16)18-9-8-11(2)3/h6-7,10-12,17H,5,8-9H2,1-4H3. The molecular weight excluding hydrogens is 290 g/mol. The van der Waals surface area contributed by atoms with Crippen molar-refractivity contribution < 1.29 is 4.74 Å². The molecule has 102 valence electrons. The molecule has 0 aliphatic carbocycles. The molecule has 0 aliphatic rings. The van der Waals surface area contributed by atoms with Crippen molar-refractivity contribution in [1.29, 1.82) is 0 Å². The summed E-state index contributed by atoms with van der Waals surface area (Å²) < 4.78 is 6.85. The summed E-state index contributed by atoms with van der Waals surface area (Å²) in [6.07, 6.45) is 1.09. The fourth-order valence-electron chi connectivity index (χ4n) is 1.78. The van der Waals surface area contributed by atoms with Crippen molar-refractivity contribution in [2.24, 2.45) is 5.92 Å². The Morgan fingerprint density at radius 2 is 2.00 bits per heavy atom. The molecule has 3 heteroatoms. The summed E-state index contributed by atoms with van der Waals surface area (Å²) in [7, 11) is 0. The maximum atomic E-state index is 5.74. The molecule has 1 rings (SSSR count). The molecule has 0 aromatic heterocycles. The molecule has 0 saturated heterocycles. The van der Waals surface area contributed by atoms with Crippen LogP contribution in [0.1, 0.15) is 45.7 Å². The lowest BCUT2D eigenvalue weighted by Crippen LogP contribution is -2.18. The number of benzene rings is 1. The Balaban J connectivity index is 2.61. The highest BCUT2D eigenvalue weighted by molar-refractivity contribution is 9.10. The summed E-state index contributed by atoms with van der Waals surface area (Å²) in [5.74, 6) is 1.62. The number of halogens is 1. The van der Waals surface area contributed by atoms with E-state index in [1.54, 1.807) is 0 Å². The van der Waals surface area contributed by atoms with Gasteiger partial charge in [0.1, 0.15) is 5.75 Å². The van der Waals surface area contributed by atoms with Gasteiger partial charge in [0.2, 0.25) is 0 Å². The topological polar surface area (TPSA) is 21.3 Å². The van der Waals surface area contributed by atoms with Crippen molar-refractivity contribution in [2.45, 2.75) is 40.2 Å². The van der Waals surface area contributed by atoms with Crippen LogP contribution < -0.4 is 10.1 Å². The fraction of sp³-hybridized carbons (Fsp3) is 0.600. The van der Waals surface area contributed by atoms with Gasteiger partial charge in [-0.05, 0) is 43.5 Å². The molecule has 1 aromatic rings. The van der Waals surface area contributed by atoms with E-state index in [-0.39, 0.29) is 0 Å². The van der Waals surface area contributed by atoms with Crippen LogP contribution in [0.2, 0.25) is 0 Å². The van der Waals surface area contributed by atoms with Crippen molar-refractivity contribution in [1.82, 2.24) is 5.32 Å². The number of hydrogen-bond acceptors (Lipinski definition) is 2. The molecule has 1 atom stereocenters. The molecule has 0 fully saturated rings. The van der Waals surface area contributed by atoms with Crippen molar-refractivity contribution in [3.63, 3.8) is 0 Å². The molecule has 0 aliphatic heterocycles. The van der Waals surface area contributed by atoms with Gasteiger partial charge in [0.25, 0.3) is 0 Å². The fourth-order valence-corrected chi connectivity index (χ4v) is 2.48. The second-order valence-corrected chi connectivity index (χ2v) is 5.85. The maximum absolute atomic E-state index is 5.74. The zero-order valence-corrected chi connectivity index (χ0v) is 13.4. The monoisotopic (exact) mass is 313 g/mol. The molecule has 0 heterocycles. The third-order valence-corrected chi connectivity index (χ3v) is 3.60. The van der Waals surface area contributed by atoms with Gasteiger partial charge in [-0.1, -0.05) is 42.8 Å². The molecule has 0 bridgehead atoms. The summed E-state index contributed by atoms with van der Waals surface area (Å²) in [5.41, 5.74) is 1.27. The van der Waals surface area contributed by atoms with Gasteiger partial charge in [-0.2, -0.15) is 0 Å². The van der Waals surface area contributed by atoms with E-state index >= 15 is 0 Å². The highest BCUT2D eigenvalue weighted by atomic mass is 79.9. The van der Waals surface area contributed by atoms with E-state index in [1.807, 2.05) is 6.07 Å². The summed E-state index contributed by atoms with van der Waals surface area (Å²) in [5, 5.41) is 3.41. The van der Waals surface area contributed by atoms with Gasteiger partial charge in [0.05, 0.1) is 6.61 Å².